The third-order valence-electron chi connectivity index (χ3n) is 2.53. The molecular formula is C17H17N. The minimum absolute atomic E-state index is 1.00. The molecule has 0 radical (unpaired) electrons. The van der Waals surface area contributed by atoms with E-state index in [1.807, 2.05) is 54.7 Å². The lowest BCUT2D eigenvalue weighted by Crippen LogP contribution is -1.80. The van der Waals surface area contributed by atoms with E-state index in [4.69, 9.17) is 0 Å². The summed E-state index contributed by atoms with van der Waals surface area (Å²) in [5.74, 6) is 0. The Balaban J connectivity index is 2.29. The summed E-state index contributed by atoms with van der Waals surface area (Å²) in [7, 11) is 0. The van der Waals surface area contributed by atoms with E-state index in [0.717, 1.165) is 16.8 Å². The Hall–Kier alpha value is -2.15. The molecule has 0 N–H and O–H groups in total. The van der Waals surface area contributed by atoms with Crippen LogP contribution in [0.5, 0.6) is 0 Å². The average Bonchev–Trinajstić information content (AvgIpc) is 2.38. The predicted octanol–water partition coefficient (Wildman–Crippen LogP) is 4.86. The number of benzene rings is 2. The van der Waals surface area contributed by atoms with Gasteiger partial charge in [0.05, 0.1) is 5.69 Å². The summed E-state index contributed by atoms with van der Waals surface area (Å²) in [5, 5.41) is 0. The molecule has 0 aromatic heterocycles. The Morgan fingerprint density at radius 3 is 2.28 bits per heavy atom. The fraction of sp³-hybridized carbons (Fsp3) is 0.118. The number of nitrogens with zero attached hydrogens (tertiary/aromatic N) is 1. The van der Waals surface area contributed by atoms with Crippen LogP contribution in [0.2, 0.25) is 0 Å². The number of hydrogen-bond acceptors (Lipinski definition) is 1. The van der Waals surface area contributed by atoms with Crippen LogP contribution in [0.15, 0.2) is 65.2 Å². The highest BCUT2D eigenvalue weighted by Gasteiger charge is 1.96. The van der Waals surface area contributed by atoms with E-state index in [1.54, 1.807) is 0 Å². The van der Waals surface area contributed by atoms with E-state index in [-0.39, 0.29) is 0 Å². The van der Waals surface area contributed by atoms with Gasteiger partial charge in [-0.1, -0.05) is 60.2 Å². The van der Waals surface area contributed by atoms with Crippen LogP contribution in [-0.2, 0) is 0 Å². The van der Waals surface area contributed by atoms with E-state index >= 15 is 0 Å². The molecular weight excluding hydrogens is 218 g/mol. The van der Waals surface area contributed by atoms with Crippen molar-refractivity contribution in [3.63, 3.8) is 0 Å². The lowest BCUT2D eigenvalue weighted by molar-refractivity contribution is 1.41. The normalized spacial score (nSPS) is 10.6. The van der Waals surface area contributed by atoms with Gasteiger partial charge >= 0.3 is 0 Å². The highest BCUT2D eigenvalue weighted by molar-refractivity contribution is 5.83. The topological polar surface area (TPSA) is 12.4 Å². The summed E-state index contributed by atoms with van der Waals surface area (Å²) in [6.45, 7) is 4.19. The first-order chi connectivity index (χ1) is 8.75. The first-order valence-electron chi connectivity index (χ1n) is 6.09. The van der Waals surface area contributed by atoms with Crippen LogP contribution in [0.4, 0.5) is 5.69 Å². The molecule has 1 nitrogen and oxygen atoms in total. The van der Waals surface area contributed by atoms with Crippen molar-refractivity contribution in [2.45, 2.75) is 13.8 Å². The van der Waals surface area contributed by atoms with Crippen LogP contribution in [-0.4, -0.2) is 6.21 Å². The van der Waals surface area contributed by atoms with E-state index in [2.05, 4.69) is 31.0 Å². The van der Waals surface area contributed by atoms with Crippen LogP contribution in [0.25, 0.3) is 6.08 Å². The predicted molar refractivity (Wildman–Crippen MR) is 79.5 cm³/mol. The first kappa shape index (κ1) is 12.3. The van der Waals surface area contributed by atoms with Crippen LogP contribution >= 0.6 is 0 Å². The molecule has 0 saturated carbocycles. The molecule has 0 spiro atoms. The van der Waals surface area contributed by atoms with E-state index in [0.29, 0.717) is 0 Å². The summed E-state index contributed by atoms with van der Waals surface area (Å²) in [6, 6.07) is 18.3. The Labute approximate surface area is 109 Å². The maximum atomic E-state index is 4.56. The van der Waals surface area contributed by atoms with Crippen molar-refractivity contribution in [3.05, 3.63) is 71.3 Å². The van der Waals surface area contributed by atoms with Gasteiger partial charge in [-0.2, -0.15) is 0 Å². The minimum atomic E-state index is 1.00. The van der Waals surface area contributed by atoms with Gasteiger partial charge < -0.3 is 0 Å². The maximum Gasteiger partial charge on any atom is 0.0702 e. The second-order valence-electron chi connectivity index (χ2n) is 4.45. The standard InChI is InChI=1S/C17H17N/c1-14(2)12-16-10-6-7-11-17(16)18-13-15-8-4-3-5-9-15/h3-13H,1-2H3/b18-13+. The summed E-state index contributed by atoms with van der Waals surface area (Å²) in [6.07, 6.45) is 4.05. The second-order valence-corrected chi connectivity index (χ2v) is 4.45. The summed E-state index contributed by atoms with van der Waals surface area (Å²) < 4.78 is 0. The maximum absolute atomic E-state index is 4.56. The zero-order valence-corrected chi connectivity index (χ0v) is 10.8. The molecule has 0 unspecified atom stereocenters. The van der Waals surface area contributed by atoms with Crippen LogP contribution in [0.3, 0.4) is 0 Å². The average molecular weight is 235 g/mol. The summed E-state index contributed by atoms with van der Waals surface area (Å²) in [4.78, 5) is 4.56. The second kappa shape index (κ2) is 5.97. The van der Waals surface area contributed by atoms with Gasteiger partial charge in [-0.05, 0) is 25.5 Å². The van der Waals surface area contributed by atoms with Gasteiger partial charge in [-0.3, -0.25) is 4.99 Å². The van der Waals surface area contributed by atoms with Gasteiger partial charge in [0, 0.05) is 11.8 Å². The lowest BCUT2D eigenvalue weighted by Gasteiger charge is -2.01. The third kappa shape index (κ3) is 3.42. The Morgan fingerprint density at radius 1 is 0.889 bits per heavy atom. The van der Waals surface area contributed by atoms with Gasteiger partial charge in [0.15, 0.2) is 0 Å². The zero-order valence-electron chi connectivity index (χ0n) is 10.8. The molecule has 1 heteroatoms. The summed E-state index contributed by atoms with van der Waals surface area (Å²) >= 11 is 0. The van der Waals surface area contributed by atoms with Gasteiger partial charge in [0.25, 0.3) is 0 Å². The van der Waals surface area contributed by atoms with Gasteiger partial charge in [0.1, 0.15) is 0 Å². The van der Waals surface area contributed by atoms with Crippen molar-refractivity contribution in [2.24, 2.45) is 4.99 Å². The fourth-order valence-electron chi connectivity index (χ4n) is 1.72. The quantitative estimate of drug-likeness (QED) is 0.674. The van der Waals surface area contributed by atoms with Crippen molar-refractivity contribution >= 4 is 18.0 Å². The molecule has 2 aromatic rings. The molecule has 2 aromatic carbocycles. The Kier molecular flexibility index (Phi) is 4.08. The number of rotatable bonds is 3. The highest BCUT2D eigenvalue weighted by atomic mass is 14.7. The van der Waals surface area contributed by atoms with E-state index in [9.17, 15) is 0 Å². The molecule has 0 aliphatic heterocycles. The van der Waals surface area contributed by atoms with Crippen LogP contribution in [0, 0.1) is 0 Å². The molecule has 0 aliphatic rings. The molecule has 2 rings (SSSR count). The van der Waals surface area contributed by atoms with Crippen LogP contribution < -0.4 is 0 Å². The summed E-state index contributed by atoms with van der Waals surface area (Å²) in [5.41, 5.74) is 4.55. The monoisotopic (exact) mass is 235 g/mol. The molecule has 0 atom stereocenters. The van der Waals surface area contributed by atoms with Crippen LogP contribution in [0.1, 0.15) is 25.0 Å². The Bertz CT molecular complexity index is 561. The third-order valence-corrected chi connectivity index (χ3v) is 2.53. The smallest absolute Gasteiger partial charge is 0.0702 e. The molecule has 0 saturated heterocycles. The van der Waals surface area contributed by atoms with Crippen molar-refractivity contribution in [2.75, 3.05) is 0 Å². The molecule has 0 fully saturated rings. The molecule has 18 heavy (non-hydrogen) atoms. The molecule has 0 heterocycles. The van der Waals surface area contributed by atoms with Gasteiger partial charge in [-0.15, -0.1) is 0 Å². The number of para-hydroxylation sites is 1. The van der Waals surface area contributed by atoms with Gasteiger partial charge in [-0.25, -0.2) is 0 Å². The van der Waals surface area contributed by atoms with Crippen molar-refractivity contribution in [3.8, 4) is 0 Å². The highest BCUT2D eigenvalue weighted by Crippen LogP contribution is 2.21. The number of hydrogen-bond donors (Lipinski definition) is 0. The largest absolute Gasteiger partial charge is 0.256 e. The molecule has 0 aliphatic carbocycles. The fourth-order valence-corrected chi connectivity index (χ4v) is 1.72. The Morgan fingerprint density at radius 2 is 1.56 bits per heavy atom. The minimum Gasteiger partial charge on any atom is -0.256 e. The zero-order chi connectivity index (χ0) is 12.8. The van der Waals surface area contributed by atoms with Crippen molar-refractivity contribution in [1.82, 2.24) is 0 Å². The number of aliphatic imine (C=N–C) groups is 1. The first-order valence-corrected chi connectivity index (χ1v) is 6.09. The van der Waals surface area contributed by atoms with Crippen molar-refractivity contribution in [1.29, 1.82) is 0 Å². The SMILES string of the molecule is CC(C)=Cc1ccccc1/N=C/c1ccccc1. The lowest BCUT2D eigenvalue weighted by atomic mass is 10.1. The van der Waals surface area contributed by atoms with E-state index < -0.39 is 0 Å². The number of allylic oxidation sites excluding steroid dienone is 1. The molecule has 90 valence electrons. The van der Waals surface area contributed by atoms with Crippen molar-refractivity contribution < 1.29 is 0 Å². The molecule has 0 bridgehead atoms. The van der Waals surface area contributed by atoms with E-state index in [1.165, 1.54) is 5.57 Å². The molecule has 0 amide bonds. The van der Waals surface area contributed by atoms with Gasteiger partial charge in [0.2, 0.25) is 0 Å².